The number of methoxy groups -OCH3 is 2. The Labute approximate surface area is 287 Å². The standard InChI is InChI=1S/C41H42N2O6/c1-47-40(48-2)23-21-31(22-24-40)41(29-13-5-3-6-14-29,30-15-7-4-8-16-30)49-28-12-26-43-35-20-10-18-33-37(35)39(46)32-17-9-19-34(36(32)38(33)45)42-25-11-27-44/h3-10,13-23,42-44H,11-12,24-28H2,1-2H3. The van der Waals surface area contributed by atoms with Gasteiger partial charge in [-0.2, -0.15) is 0 Å². The first-order valence-corrected chi connectivity index (χ1v) is 16.7. The topological polar surface area (TPSA) is 106 Å². The fraction of sp³-hybridized carbons (Fsp3) is 0.268. The summed E-state index contributed by atoms with van der Waals surface area (Å²) in [4.78, 5) is 27.6. The van der Waals surface area contributed by atoms with E-state index in [0.717, 1.165) is 16.7 Å². The molecule has 4 aromatic rings. The van der Waals surface area contributed by atoms with Crippen LogP contribution in [0.5, 0.6) is 0 Å². The first-order valence-electron chi connectivity index (χ1n) is 16.7. The van der Waals surface area contributed by atoms with Crippen molar-refractivity contribution < 1.29 is 28.9 Å². The summed E-state index contributed by atoms with van der Waals surface area (Å²) in [7, 11) is 3.28. The number of nitrogens with one attached hydrogen (secondary N) is 2. The minimum atomic E-state index is -0.895. The zero-order chi connectivity index (χ0) is 34.3. The van der Waals surface area contributed by atoms with E-state index < -0.39 is 11.4 Å². The second-order valence-electron chi connectivity index (χ2n) is 12.1. The van der Waals surface area contributed by atoms with Crippen LogP contribution in [-0.2, 0) is 19.8 Å². The lowest BCUT2D eigenvalue weighted by Gasteiger charge is -2.39. The van der Waals surface area contributed by atoms with Gasteiger partial charge in [0.2, 0.25) is 0 Å². The van der Waals surface area contributed by atoms with E-state index in [1.54, 1.807) is 44.6 Å². The third-order valence-corrected chi connectivity index (χ3v) is 9.26. The van der Waals surface area contributed by atoms with Crippen molar-refractivity contribution in [3.63, 3.8) is 0 Å². The van der Waals surface area contributed by atoms with Gasteiger partial charge in [-0.25, -0.2) is 0 Å². The summed E-state index contributed by atoms with van der Waals surface area (Å²) in [5.74, 6) is -1.22. The number of aliphatic hydroxyl groups excluding tert-OH is 1. The summed E-state index contributed by atoms with van der Waals surface area (Å²) in [6.07, 6.45) is 7.77. The Balaban J connectivity index is 1.23. The zero-order valence-electron chi connectivity index (χ0n) is 27.9. The van der Waals surface area contributed by atoms with Gasteiger partial charge in [0, 0.05) is 62.8 Å². The SMILES string of the molecule is COC1(OC)C=CC(C(OCCCNc2cccc3c2C(=O)c2cccc(NCCCO)c2C3=O)(c2ccccc2)c2ccccc2)=CC1. The predicted octanol–water partition coefficient (Wildman–Crippen LogP) is 6.89. The molecule has 3 N–H and O–H groups in total. The van der Waals surface area contributed by atoms with Crippen LogP contribution in [0.1, 0.15) is 62.2 Å². The molecule has 0 radical (unpaired) electrons. The Bertz CT molecular complexity index is 1810. The summed E-state index contributed by atoms with van der Waals surface area (Å²) in [6.45, 7) is 1.44. The van der Waals surface area contributed by atoms with E-state index in [9.17, 15) is 14.7 Å². The average Bonchev–Trinajstić information content (AvgIpc) is 3.16. The molecule has 0 amide bonds. The second-order valence-corrected chi connectivity index (χ2v) is 12.1. The van der Waals surface area contributed by atoms with Gasteiger partial charge in [-0.1, -0.05) is 97.1 Å². The molecule has 8 nitrogen and oxygen atoms in total. The molecule has 49 heavy (non-hydrogen) atoms. The highest BCUT2D eigenvalue weighted by molar-refractivity contribution is 6.31. The highest BCUT2D eigenvalue weighted by Crippen LogP contribution is 2.44. The van der Waals surface area contributed by atoms with E-state index in [-0.39, 0.29) is 18.2 Å². The first-order chi connectivity index (χ1) is 24.0. The van der Waals surface area contributed by atoms with Crippen molar-refractivity contribution in [1.29, 1.82) is 0 Å². The average molecular weight is 659 g/mol. The quantitative estimate of drug-likeness (QED) is 0.0825. The molecule has 0 saturated heterocycles. The predicted molar refractivity (Wildman–Crippen MR) is 191 cm³/mol. The van der Waals surface area contributed by atoms with Crippen LogP contribution in [0.4, 0.5) is 11.4 Å². The summed E-state index contributed by atoms with van der Waals surface area (Å²) < 4.78 is 18.4. The van der Waals surface area contributed by atoms with Gasteiger partial charge in [0.25, 0.3) is 0 Å². The van der Waals surface area contributed by atoms with E-state index in [1.807, 2.05) is 54.6 Å². The van der Waals surface area contributed by atoms with Gasteiger partial charge in [-0.05, 0) is 47.8 Å². The Morgan fingerprint density at radius 2 is 1.24 bits per heavy atom. The van der Waals surface area contributed by atoms with Crippen LogP contribution in [0, 0.1) is 0 Å². The molecule has 4 aromatic carbocycles. The molecule has 8 heteroatoms. The van der Waals surface area contributed by atoms with Gasteiger partial charge in [-0.3, -0.25) is 9.59 Å². The highest BCUT2D eigenvalue weighted by atomic mass is 16.7. The molecule has 0 spiro atoms. The number of fused-ring (bicyclic) bond motifs is 2. The second kappa shape index (κ2) is 15.1. The van der Waals surface area contributed by atoms with Crippen molar-refractivity contribution in [3.05, 3.63) is 154 Å². The third-order valence-electron chi connectivity index (χ3n) is 9.26. The fourth-order valence-electron chi connectivity index (χ4n) is 6.71. The molecule has 2 aliphatic rings. The number of hydrogen-bond donors (Lipinski definition) is 3. The van der Waals surface area contributed by atoms with E-state index in [4.69, 9.17) is 14.2 Å². The molecule has 0 bridgehead atoms. The van der Waals surface area contributed by atoms with Gasteiger partial charge in [0.15, 0.2) is 17.4 Å². The lowest BCUT2D eigenvalue weighted by atomic mass is 9.77. The van der Waals surface area contributed by atoms with Crippen LogP contribution in [0.15, 0.2) is 121 Å². The van der Waals surface area contributed by atoms with Crippen molar-refractivity contribution in [1.82, 2.24) is 0 Å². The minimum Gasteiger partial charge on any atom is -0.396 e. The van der Waals surface area contributed by atoms with Gasteiger partial charge in [0.1, 0.15) is 5.60 Å². The molecule has 0 fully saturated rings. The number of benzene rings is 4. The first kappa shape index (κ1) is 34.0. The Morgan fingerprint density at radius 3 is 1.71 bits per heavy atom. The molecule has 0 aromatic heterocycles. The lowest BCUT2D eigenvalue weighted by molar-refractivity contribution is -0.168. The number of ether oxygens (including phenoxy) is 3. The molecule has 0 atom stereocenters. The van der Waals surface area contributed by atoms with Crippen molar-refractivity contribution in [3.8, 4) is 0 Å². The fourth-order valence-corrected chi connectivity index (χ4v) is 6.71. The molecule has 6 rings (SSSR count). The number of hydrogen-bond acceptors (Lipinski definition) is 8. The van der Waals surface area contributed by atoms with E-state index >= 15 is 0 Å². The normalized spacial score (nSPS) is 15.0. The van der Waals surface area contributed by atoms with Gasteiger partial charge in [-0.15, -0.1) is 0 Å². The largest absolute Gasteiger partial charge is 0.396 e. The van der Waals surface area contributed by atoms with Crippen molar-refractivity contribution >= 4 is 22.9 Å². The van der Waals surface area contributed by atoms with Gasteiger partial charge < -0.3 is 30.0 Å². The van der Waals surface area contributed by atoms with Gasteiger partial charge in [0.05, 0.1) is 17.7 Å². The lowest BCUT2D eigenvalue weighted by Crippen LogP contribution is -2.38. The van der Waals surface area contributed by atoms with E-state index in [0.29, 0.717) is 72.6 Å². The maximum atomic E-state index is 13.8. The number of carbonyl (C=O) groups is 2. The zero-order valence-corrected chi connectivity index (χ0v) is 27.9. The highest BCUT2D eigenvalue weighted by Gasteiger charge is 2.41. The van der Waals surface area contributed by atoms with Crippen molar-refractivity contribution in [2.75, 3.05) is 51.2 Å². The molecule has 0 heterocycles. The summed E-state index contributed by atoms with van der Waals surface area (Å²) in [6, 6.07) is 31.0. The van der Waals surface area contributed by atoms with Gasteiger partial charge >= 0.3 is 0 Å². The smallest absolute Gasteiger partial charge is 0.196 e. The third kappa shape index (κ3) is 6.60. The van der Waals surface area contributed by atoms with Crippen LogP contribution >= 0.6 is 0 Å². The van der Waals surface area contributed by atoms with Crippen LogP contribution < -0.4 is 10.6 Å². The Hall–Kier alpha value is -4.86. The Kier molecular flexibility index (Phi) is 10.5. The molecule has 2 aliphatic carbocycles. The number of anilines is 2. The molecule has 0 aliphatic heterocycles. The molecule has 252 valence electrons. The van der Waals surface area contributed by atoms with Crippen LogP contribution in [-0.4, -0.2) is 63.0 Å². The van der Waals surface area contributed by atoms with E-state index in [1.165, 1.54) is 0 Å². The van der Waals surface area contributed by atoms with Crippen LogP contribution in [0.2, 0.25) is 0 Å². The summed E-state index contributed by atoms with van der Waals surface area (Å²) in [5, 5.41) is 15.8. The number of ketones is 2. The van der Waals surface area contributed by atoms with E-state index in [2.05, 4.69) is 41.0 Å². The monoisotopic (exact) mass is 658 g/mol. The number of carbonyl (C=O) groups excluding carboxylic acids is 2. The molecule has 0 saturated carbocycles. The number of aliphatic hydroxyl groups is 1. The van der Waals surface area contributed by atoms with Crippen LogP contribution in [0.25, 0.3) is 0 Å². The molecular weight excluding hydrogens is 616 g/mol. The summed E-state index contributed by atoms with van der Waals surface area (Å²) >= 11 is 0. The van der Waals surface area contributed by atoms with Crippen molar-refractivity contribution in [2.24, 2.45) is 0 Å². The maximum Gasteiger partial charge on any atom is 0.196 e. The summed E-state index contributed by atoms with van der Waals surface area (Å²) in [5.41, 5.74) is 4.81. The molecule has 0 unspecified atom stereocenters. The van der Waals surface area contributed by atoms with Crippen molar-refractivity contribution in [2.45, 2.75) is 30.7 Å². The minimum absolute atomic E-state index is 0.0373. The Morgan fingerprint density at radius 1 is 0.714 bits per heavy atom. The maximum absolute atomic E-state index is 13.8. The molecular formula is C41H42N2O6. The van der Waals surface area contributed by atoms with Crippen LogP contribution in [0.3, 0.4) is 0 Å². The number of rotatable bonds is 15.